The number of carbonyl (C=O) groups is 1. The lowest BCUT2D eigenvalue weighted by atomic mass is 10.0. The lowest BCUT2D eigenvalue weighted by molar-refractivity contribution is 0.0988. The molecule has 0 spiro atoms. The molecule has 0 unspecified atom stereocenters. The summed E-state index contributed by atoms with van der Waals surface area (Å²) >= 11 is 1.66. The maximum absolute atomic E-state index is 12.9. The van der Waals surface area contributed by atoms with Crippen molar-refractivity contribution in [2.24, 2.45) is 0 Å². The fraction of sp³-hybridized carbons (Fsp3) is 0.0455. The van der Waals surface area contributed by atoms with E-state index in [1.807, 2.05) is 66.7 Å². The highest BCUT2D eigenvalue weighted by Crippen LogP contribution is 2.38. The molecule has 0 bridgehead atoms. The molecule has 0 radical (unpaired) electrons. The van der Waals surface area contributed by atoms with E-state index in [9.17, 15) is 4.79 Å². The Morgan fingerprint density at radius 1 is 0.840 bits per heavy atom. The molecule has 122 valence electrons. The van der Waals surface area contributed by atoms with Crippen molar-refractivity contribution in [1.29, 1.82) is 0 Å². The molecule has 0 atom stereocenters. The van der Waals surface area contributed by atoms with Crippen LogP contribution in [0, 0.1) is 0 Å². The highest BCUT2D eigenvalue weighted by Gasteiger charge is 2.19. The normalized spacial score (nSPS) is 10.7. The second-order valence-corrected chi connectivity index (χ2v) is 6.82. The molecule has 4 rings (SSSR count). The maximum Gasteiger partial charge on any atom is 0.171 e. The fourth-order valence-corrected chi connectivity index (χ4v) is 4.00. The van der Waals surface area contributed by atoms with Gasteiger partial charge in [0.2, 0.25) is 0 Å². The molecule has 0 saturated carbocycles. The van der Waals surface area contributed by atoms with Crippen molar-refractivity contribution in [2.75, 3.05) is 0 Å². The molecule has 0 saturated heterocycles. The molecule has 0 N–H and O–H groups in total. The number of thiophene rings is 1. The first kappa shape index (κ1) is 15.6. The molecular weight excluding hydrogens is 328 g/mol. The SMILES string of the molecule is O=C(Cc1ccco1)c1cc(-c2ccccc2)sc1-c1ccccc1. The van der Waals surface area contributed by atoms with Gasteiger partial charge >= 0.3 is 0 Å². The zero-order valence-corrected chi connectivity index (χ0v) is 14.3. The van der Waals surface area contributed by atoms with E-state index in [4.69, 9.17) is 4.42 Å². The summed E-state index contributed by atoms with van der Waals surface area (Å²) in [5.74, 6) is 0.767. The zero-order chi connectivity index (χ0) is 17.1. The molecule has 0 fully saturated rings. The third kappa shape index (κ3) is 3.32. The van der Waals surface area contributed by atoms with Gasteiger partial charge in [0, 0.05) is 15.3 Å². The summed E-state index contributed by atoms with van der Waals surface area (Å²) in [6.07, 6.45) is 1.88. The van der Waals surface area contributed by atoms with Crippen LogP contribution in [0.3, 0.4) is 0 Å². The smallest absolute Gasteiger partial charge is 0.171 e. The molecule has 0 aliphatic carbocycles. The first-order valence-corrected chi connectivity index (χ1v) is 8.93. The fourth-order valence-electron chi connectivity index (χ4n) is 2.81. The van der Waals surface area contributed by atoms with Gasteiger partial charge in [-0.1, -0.05) is 60.7 Å². The number of benzene rings is 2. The standard InChI is InChI=1S/C22H16O2S/c23-20(14-18-12-7-13-24-18)19-15-21(16-8-3-1-4-9-16)25-22(19)17-10-5-2-6-11-17/h1-13,15H,14H2. The maximum atomic E-state index is 12.9. The van der Waals surface area contributed by atoms with E-state index < -0.39 is 0 Å². The average molecular weight is 344 g/mol. The van der Waals surface area contributed by atoms with Gasteiger partial charge in [-0.15, -0.1) is 11.3 Å². The second-order valence-electron chi connectivity index (χ2n) is 5.76. The summed E-state index contributed by atoms with van der Waals surface area (Å²) in [5.41, 5.74) is 2.95. The number of hydrogen-bond acceptors (Lipinski definition) is 3. The Bertz CT molecular complexity index is 968. The predicted octanol–water partition coefficient (Wildman–Crippen LogP) is 6.10. The molecule has 0 aliphatic rings. The largest absolute Gasteiger partial charge is 0.469 e. The molecule has 2 heterocycles. The Balaban J connectivity index is 1.78. The summed E-state index contributed by atoms with van der Waals surface area (Å²) in [5, 5.41) is 0. The van der Waals surface area contributed by atoms with Crippen LogP contribution in [0.4, 0.5) is 0 Å². The molecule has 4 aromatic rings. The van der Waals surface area contributed by atoms with E-state index in [0.29, 0.717) is 5.76 Å². The monoisotopic (exact) mass is 344 g/mol. The van der Waals surface area contributed by atoms with Crippen molar-refractivity contribution in [3.05, 3.63) is 96.4 Å². The predicted molar refractivity (Wildman–Crippen MR) is 102 cm³/mol. The van der Waals surface area contributed by atoms with Crippen LogP contribution >= 0.6 is 11.3 Å². The van der Waals surface area contributed by atoms with E-state index in [0.717, 1.165) is 26.4 Å². The van der Waals surface area contributed by atoms with Gasteiger partial charge in [0.25, 0.3) is 0 Å². The van der Waals surface area contributed by atoms with Gasteiger partial charge in [-0.05, 0) is 29.3 Å². The van der Waals surface area contributed by atoms with Crippen molar-refractivity contribution in [2.45, 2.75) is 6.42 Å². The van der Waals surface area contributed by atoms with E-state index in [1.54, 1.807) is 17.6 Å². The van der Waals surface area contributed by atoms with E-state index in [1.165, 1.54) is 0 Å². The second kappa shape index (κ2) is 6.91. The number of ketones is 1. The first-order valence-electron chi connectivity index (χ1n) is 8.11. The summed E-state index contributed by atoms with van der Waals surface area (Å²) < 4.78 is 5.35. The molecule has 25 heavy (non-hydrogen) atoms. The quantitative estimate of drug-likeness (QED) is 0.409. The summed E-state index contributed by atoms with van der Waals surface area (Å²) in [6.45, 7) is 0. The van der Waals surface area contributed by atoms with Gasteiger partial charge in [-0.2, -0.15) is 0 Å². The summed E-state index contributed by atoms with van der Waals surface area (Å²) in [6, 6.07) is 25.9. The van der Waals surface area contributed by atoms with Gasteiger partial charge in [0.1, 0.15) is 5.76 Å². The number of hydrogen-bond donors (Lipinski definition) is 0. The van der Waals surface area contributed by atoms with Gasteiger partial charge in [-0.25, -0.2) is 0 Å². The van der Waals surface area contributed by atoms with Crippen LogP contribution in [0.5, 0.6) is 0 Å². The minimum absolute atomic E-state index is 0.0761. The molecule has 2 aromatic carbocycles. The lowest BCUT2D eigenvalue weighted by Gasteiger charge is -2.02. The lowest BCUT2D eigenvalue weighted by Crippen LogP contribution is -2.02. The van der Waals surface area contributed by atoms with Crippen molar-refractivity contribution >= 4 is 17.1 Å². The van der Waals surface area contributed by atoms with Crippen molar-refractivity contribution in [3.63, 3.8) is 0 Å². The van der Waals surface area contributed by atoms with Gasteiger partial charge in [0.05, 0.1) is 12.7 Å². The van der Waals surface area contributed by atoms with Gasteiger partial charge < -0.3 is 4.42 Å². The van der Waals surface area contributed by atoms with E-state index in [2.05, 4.69) is 12.1 Å². The molecule has 0 aliphatic heterocycles. The van der Waals surface area contributed by atoms with Crippen LogP contribution in [0.1, 0.15) is 16.1 Å². The molecule has 3 heteroatoms. The van der Waals surface area contributed by atoms with Crippen molar-refractivity contribution in [3.8, 4) is 20.9 Å². The zero-order valence-electron chi connectivity index (χ0n) is 13.5. The van der Waals surface area contributed by atoms with Crippen LogP contribution in [0.25, 0.3) is 20.9 Å². The Kier molecular flexibility index (Phi) is 4.32. The molecular formula is C22H16O2S. The van der Waals surface area contributed by atoms with Crippen LogP contribution in [0.15, 0.2) is 89.5 Å². The number of furan rings is 1. The highest BCUT2D eigenvalue weighted by molar-refractivity contribution is 7.19. The molecule has 2 aromatic heterocycles. The number of carbonyl (C=O) groups excluding carboxylic acids is 1. The number of rotatable bonds is 5. The summed E-state index contributed by atoms with van der Waals surface area (Å²) in [4.78, 5) is 15.0. The average Bonchev–Trinajstić information content (AvgIpc) is 3.33. The highest BCUT2D eigenvalue weighted by atomic mass is 32.1. The van der Waals surface area contributed by atoms with Crippen LogP contribution in [-0.4, -0.2) is 5.78 Å². The van der Waals surface area contributed by atoms with Gasteiger partial charge in [-0.3, -0.25) is 4.79 Å². The Morgan fingerprint density at radius 3 is 2.16 bits per heavy atom. The molecule has 2 nitrogen and oxygen atoms in total. The topological polar surface area (TPSA) is 30.2 Å². The van der Waals surface area contributed by atoms with Crippen LogP contribution in [-0.2, 0) is 6.42 Å². The Morgan fingerprint density at radius 2 is 1.52 bits per heavy atom. The Labute approximate surface area is 150 Å². The third-order valence-corrected chi connectivity index (χ3v) is 5.27. The minimum Gasteiger partial charge on any atom is -0.469 e. The van der Waals surface area contributed by atoms with Crippen molar-refractivity contribution in [1.82, 2.24) is 0 Å². The van der Waals surface area contributed by atoms with E-state index in [-0.39, 0.29) is 12.2 Å². The Hall–Kier alpha value is -2.91. The van der Waals surface area contributed by atoms with Gasteiger partial charge in [0.15, 0.2) is 5.78 Å². The van der Waals surface area contributed by atoms with E-state index >= 15 is 0 Å². The molecule has 0 amide bonds. The summed E-state index contributed by atoms with van der Waals surface area (Å²) in [7, 11) is 0. The first-order chi connectivity index (χ1) is 12.3. The number of Topliss-reactive ketones (excluding diaryl/α,β-unsaturated/α-hetero) is 1. The third-order valence-electron chi connectivity index (χ3n) is 4.04. The van der Waals surface area contributed by atoms with Crippen LogP contribution < -0.4 is 0 Å². The minimum atomic E-state index is 0.0761. The van der Waals surface area contributed by atoms with Crippen LogP contribution in [0.2, 0.25) is 0 Å². The van der Waals surface area contributed by atoms with Crippen molar-refractivity contribution < 1.29 is 9.21 Å².